The quantitative estimate of drug-likeness (QED) is 0.277. The molecule has 0 aromatic carbocycles. The molecule has 0 saturated heterocycles. The van der Waals surface area contributed by atoms with E-state index in [-0.39, 0.29) is 25.6 Å². The lowest BCUT2D eigenvalue weighted by Crippen LogP contribution is -2.43. The van der Waals surface area contributed by atoms with E-state index in [9.17, 15) is 19.2 Å². The molecule has 0 radical (unpaired) electrons. The zero-order valence-electron chi connectivity index (χ0n) is 13.9. The maximum Gasteiger partial charge on any atom is 0.377 e. The number of carbonyl (C=O) groups is 4. The highest BCUT2D eigenvalue weighted by Gasteiger charge is 2.38. The molecular weight excluding hydrogens is 348 g/mol. The van der Waals surface area contributed by atoms with Crippen LogP contribution in [-0.2, 0) is 42.9 Å². The summed E-state index contributed by atoms with van der Waals surface area (Å²) in [4.78, 5) is 45.8. The van der Waals surface area contributed by atoms with Crippen molar-refractivity contribution in [2.24, 2.45) is 5.41 Å². The zero-order valence-corrected chi connectivity index (χ0v) is 13.9. The Labute approximate surface area is 149 Å². The van der Waals surface area contributed by atoms with E-state index in [1.54, 1.807) is 0 Å². The van der Waals surface area contributed by atoms with Gasteiger partial charge in [-0.25, -0.2) is 19.2 Å². The molecule has 0 bridgehead atoms. The number of esters is 4. The highest BCUT2D eigenvalue weighted by molar-refractivity contribution is 5.88. The summed E-state index contributed by atoms with van der Waals surface area (Å²) in [5.41, 5.74) is -1.36. The van der Waals surface area contributed by atoms with Crippen LogP contribution < -0.4 is 0 Å². The van der Waals surface area contributed by atoms with Gasteiger partial charge in [0.25, 0.3) is 0 Å². The van der Waals surface area contributed by atoms with Gasteiger partial charge in [0.2, 0.25) is 5.76 Å². The molecule has 0 atom stereocenters. The maximum atomic E-state index is 11.6. The molecule has 140 valence electrons. The third-order valence-electron chi connectivity index (χ3n) is 3.01. The van der Waals surface area contributed by atoms with Crippen molar-refractivity contribution in [2.75, 3.05) is 26.4 Å². The Hall–Kier alpha value is -3.36. The molecule has 0 amide bonds. The fourth-order valence-electron chi connectivity index (χ4n) is 1.51. The van der Waals surface area contributed by atoms with Gasteiger partial charge in [-0.3, -0.25) is 0 Å². The molecule has 9 heteroatoms. The molecule has 1 aliphatic heterocycles. The summed E-state index contributed by atoms with van der Waals surface area (Å²) in [7, 11) is 0. The molecular formula is C17H18O9. The number of hydrogen-bond acceptors (Lipinski definition) is 9. The van der Waals surface area contributed by atoms with Gasteiger partial charge in [-0.05, 0) is 0 Å². The monoisotopic (exact) mass is 366 g/mol. The van der Waals surface area contributed by atoms with Gasteiger partial charge in [0.1, 0.15) is 38.1 Å². The summed E-state index contributed by atoms with van der Waals surface area (Å²) in [6, 6.07) is 0. The fourth-order valence-corrected chi connectivity index (χ4v) is 1.51. The lowest BCUT2D eigenvalue weighted by molar-refractivity contribution is -0.164. The van der Waals surface area contributed by atoms with E-state index in [1.807, 2.05) is 0 Å². The molecule has 0 aromatic rings. The Morgan fingerprint density at radius 2 is 1.15 bits per heavy atom. The predicted molar refractivity (Wildman–Crippen MR) is 86.0 cm³/mol. The van der Waals surface area contributed by atoms with Crippen LogP contribution in [0.1, 0.15) is 0 Å². The van der Waals surface area contributed by atoms with Crippen LogP contribution in [0.15, 0.2) is 50.0 Å². The summed E-state index contributed by atoms with van der Waals surface area (Å²) < 4.78 is 24.6. The van der Waals surface area contributed by atoms with E-state index >= 15 is 0 Å². The number of ether oxygens (including phenoxy) is 5. The van der Waals surface area contributed by atoms with Crippen LogP contribution in [0.4, 0.5) is 0 Å². The van der Waals surface area contributed by atoms with E-state index < -0.39 is 35.9 Å². The van der Waals surface area contributed by atoms with Crippen LogP contribution in [0.25, 0.3) is 0 Å². The summed E-state index contributed by atoms with van der Waals surface area (Å²) in [5.74, 6) is -3.06. The van der Waals surface area contributed by atoms with Gasteiger partial charge in [0.15, 0.2) is 0 Å². The Kier molecular flexibility index (Phi) is 7.81. The molecule has 0 aliphatic carbocycles. The Bertz CT molecular complexity index is 585. The Morgan fingerprint density at radius 3 is 1.46 bits per heavy atom. The molecule has 1 rings (SSSR count). The lowest BCUT2D eigenvalue weighted by Gasteiger charge is -2.30. The second-order valence-electron chi connectivity index (χ2n) is 5.11. The van der Waals surface area contributed by atoms with E-state index in [0.29, 0.717) is 0 Å². The van der Waals surface area contributed by atoms with Gasteiger partial charge >= 0.3 is 23.9 Å². The van der Waals surface area contributed by atoms with E-state index in [1.165, 1.54) is 6.26 Å². The van der Waals surface area contributed by atoms with Crippen molar-refractivity contribution in [3.8, 4) is 0 Å². The molecule has 1 aliphatic rings. The van der Waals surface area contributed by atoms with Gasteiger partial charge < -0.3 is 23.7 Å². The van der Waals surface area contributed by atoms with Crippen LogP contribution >= 0.6 is 0 Å². The number of hydrogen-bond donors (Lipinski definition) is 0. The van der Waals surface area contributed by atoms with Crippen molar-refractivity contribution in [3.63, 3.8) is 0 Å². The van der Waals surface area contributed by atoms with Gasteiger partial charge in [0.05, 0.1) is 0 Å². The van der Waals surface area contributed by atoms with Crippen LogP contribution in [0.3, 0.4) is 0 Å². The minimum absolute atomic E-state index is 0.00755. The van der Waals surface area contributed by atoms with Crippen molar-refractivity contribution >= 4 is 23.9 Å². The number of rotatable bonds is 12. The third kappa shape index (κ3) is 7.04. The average molecular weight is 366 g/mol. The van der Waals surface area contributed by atoms with Crippen LogP contribution in [0.2, 0.25) is 0 Å². The molecule has 26 heavy (non-hydrogen) atoms. The highest BCUT2D eigenvalue weighted by Crippen LogP contribution is 2.23. The third-order valence-corrected chi connectivity index (χ3v) is 3.01. The Balaban J connectivity index is 2.91. The van der Waals surface area contributed by atoms with Crippen molar-refractivity contribution in [3.05, 3.63) is 50.0 Å². The highest BCUT2D eigenvalue weighted by atomic mass is 16.6. The SMILES string of the molecule is C=CC(=O)OCC(COC(=O)C=C)(COC(=O)C=C)COC(=O)C1=CO1. The lowest BCUT2D eigenvalue weighted by atomic mass is 9.92. The molecule has 0 N–H and O–H groups in total. The minimum Gasteiger partial charge on any atom is -0.462 e. The van der Waals surface area contributed by atoms with Gasteiger partial charge in [-0.15, -0.1) is 0 Å². The summed E-state index contributed by atoms with van der Waals surface area (Å²) in [6.45, 7) is 8.22. The van der Waals surface area contributed by atoms with Gasteiger partial charge in [-0.2, -0.15) is 0 Å². The summed E-state index contributed by atoms with van der Waals surface area (Å²) >= 11 is 0. The first-order valence-electron chi connectivity index (χ1n) is 7.27. The van der Waals surface area contributed by atoms with E-state index in [4.69, 9.17) is 18.9 Å². The molecule has 0 spiro atoms. The smallest absolute Gasteiger partial charge is 0.377 e. The van der Waals surface area contributed by atoms with E-state index in [0.717, 1.165) is 18.2 Å². The summed E-state index contributed by atoms with van der Waals surface area (Å²) in [6.07, 6.45) is 3.94. The molecule has 0 saturated carbocycles. The molecule has 9 nitrogen and oxygen atoms in total. The zero-order chi connectivity index (χ0) is 19.6. The number of carbonyl (C=O) groups excluding carboxylic acids is 4. The summed E-state index contributed by atoms with van der Waals surface area (Å²) in [5, 5.41) is 0. The second-order valence-corrected chi connectivity index (χ2v) is 5.11. The first kappa shape index (κ1) is 20.7. The minimum atomic E-state index is -1.36. The second kappa shape index (κ2) is 9.82. The molecule has 1 heterocycles. The van der Waals surface area contributed by atoms with Crippen molar-refractivity contribution < 1.29 is 42.9 Å². The first-order chi connectivity index (χ1) is 12.4. The topological polar surface area (TPSA) is 118 Å². The maximum absolute atomic E-state index is 11.6. The van der Waals surface area contributed by atoms with Crippen LogP contribution in [-0.4, -0.2) is 50.3 Å². The van der Waals surface area contributed by atoms with Gasteiger partial charge in [-0.1, -0.05) is 19.7 Å². The standard InChI is InChI=1S/C17H18O9/c1-4-13(18)23-8-17(9-24-14(19)5-2,10-25-15(20)6-3)11-26-16(21)12-7-22-12/h4-7H,1-3,8-11H2. The molecule has 0 aromatic heterocycles. The molecule has 0 fully saturated rings. The first-order valence-corrected chi connectivity index (χ1v) is 7.27. The largest absolute Gasteiger partial charge is 0.462 e. The van der Waals surface area contributed by atoms with Crippen LogP contribution in [0, 0.1) is 5.41 Å². The average Bonchev–Trinajstić information content (AvgIpc) is 3.50. The van der Waals surface area contributed by atoms with Crippen molar-refractivity contribution in [1.29, 1.82) is 0 Å². The Morgan fingerprint density at radius 1 is 0.808 bits per heavy atom. The van der Waals surface area contributed by atoms with Crippen LogP contribution in [0.5, 0.6) is 0 Å². The normalized spacial score (nSPS) is 11.8. The van der Waals surface area contributed by atoms with Crippen molar-refractivity contribution in [2.45, 2.75) is 0 Å². The molecule has 0 unspecified atom stereocenters. The van der Waals surface area contributed by atoms with E-state index in [2.05, 4.69) is 24.5 Å². The van der Waals surface area contributed by atoms with Crippen molar-refractivity contribution in [1.82, 2.24) is 0 Å². The van der Waals surface area contributed by atoms with Gasteiger partial charge in [0, 0.05) is 18.2 Å². The fraction of sp³-hybridized carbons (Fsp3) is 0.294. The predicted octanol–water partition coefficient (Wildman–Crippen LogP) is 0.575.